The molecule has 0 aliphatic heterocycles. The van der Waals surface area contributed by atoms with Crippen LogP contribution in [0.1, 0.15) is 11.1 Å². The second kappa shape index (κ2) is 6.45. The van der Waals surface area contributed by atoms with E-state index < -0.39 is 11.7 Å². The van der Waals surface area contributed by atoms with Gasteiger partial charge in [-0.1, -0.05) is 11.6 Å². The molecule has 2 aromatic heterocycles. The van der Waals surface area contributed by atoms with E-state index in [1.807, 2.05) is 0 Å². The van der Waals surface area contributed by atoms with Crippen molar-refractivity contribution in [2.24, 2.45) is 5.10 Å². The summed E-state index contributed by atoms with van der Waals surface area (Å²) >= 11 is 5.83. The van der Waals surface area contributed by atoms with Crippen LogP contribution in [0.4, 0.5) is 18.9 Å². The summed E-state index contributed by atoms with van der Waals surface area (Å²) in [4.78, 5) is 7.72. The number of anilines is 1. The number of fused-ring (bicyclic) bond motifs is 1. The molecule has 1 aromatic carbocycles. The number of rotatable bonds is 3. The number of halogens is 4. The minimum absolute atomic E-state index is 0.0241. The van der Waals surface area contributed by atoms with Gasteiger partial charge in [-0.15, -0.1) is 0 Å². The highest BCUT2D eigenvalue weighted by Gasteiger charge is 2.34. The Bertz CT molecular complexity index is 895. The number of aromatic nitrogens is 2. The van der Waals surface area contributed by atoms with Crippen molar-refractivity contribution in [3.63, 3.8) is 0 Å². The minimum atomic E-state index is -4.55. The molecule has 3 aromatic rings. The summed E-state index contributed by atoms with van der Waals surface area (Å²) in [5.74, 6) is 0. The Morgan fingerprint density at radius 3 is 2.54 bits per heavy atom. The Labute approximate surface area is 140 Å². The number of pyridine rings is 2. The standard InChI is InChI=1S/C16H10ClF3N4/c17-11-7-12-14(24-23-9-10-1-4-21-5-2-10)3-6-22-15(12)13(8-11)16(18,19)20/h1-9H,(H,22,24)/b23-9+. The number of nitrogens with zero attached hydrogens (tertiary/aromatic N) is 3. The quantitative estimate of drug-likeness (QED) is 0.548. The number of hydrogen-bond acceptors (Lipinski definition) is 4. The van der Waals surface area contributed by atoms with Crippen LogP contribution in [0.2, 0.25) is 5.02 Å². The predicted molar refractivity (Wildman–Crippen MR) is 87.2 cm³/mol. The van der Waals surface area contributed by atoms with Gasteiger partial charge in [-0.05, 0) is 35.9 Å². The molecule has 0 amide bonds. The zero-order valence-corrected chi connectivity index (χ0v) is 12.8. The molecule has 8 heteroatoms. The van der Waals surface area contributed by atoms with Crippen molar-refractivity contribution >= 4 is 34.4 Å². The SMILES string of the molecule is FC(F)(F)c1cc(Cl)cc2c(N/N=C/c3ccncc3)ccnc12. The first-order valence-electron chi connectivity index (χ1n) is 6.80. The zero-order chi connectivity index (χ0) is 17.2. The minimum Gasteiger partial charge on any atom is -0.278 e. The highest BCUT2D eigenvalue weighted by molar-refractivity contribution is 6.31. The fourth-order valence-electron chi connectivity index (χ4n) is 2.16. The van der Waals surface area contributed by atoms with E-state index in [0.29, 0.717) is 5.69 Å². The Hall–Kier alpha value is -2.67. The highest BCUT2D eigenvalue weighted by atomic mass is 35.5. The summed E-state index contributed by atoms with van der Waals surface area (Å²) in [6.07, 6.45) is 1.49. The third kappa shape index (κ3) is 3.46. The number of nitrogens with one attached hydrogen (secondary N) is 1. The summed E-state index contributed by atoms with van der Waals surface area (Å²) in [7, 11) is 0. The molecule has 1 N–H and O–H groups in total. The lowest BCUT2D eigenvalue weighted by Crippen LogP contribution is -2.07. The van der Waals surface area contributed by atoms with E-state index in [1.54, 1.807) is 24.5 Å². The van der Waals surface area contributed by atoms with Crippen molar-refractivity contribution in [2.75, 3.05) is 5.43 Å². The van der Waals surface area contributed by atoms with Crippen LogP contribution in [-0.4, -0.2) is 16.2 Å². The molecule has 24 heavy (non-hydrogen) atoms. The third-order valence-electron chi connectivity index (χ3n) is 3.22. The van der Waals surface area contributed by atoms with E-state index in [4.69, 9.17) is 11.6 Å². The van der Waals surface area contributed by atoms with Gasteiger partial charge in [0.05, 0.1) is 23.0 Å². The van der Waals surface area contributed by atoms with Crippen molar-refractivity contribution in [1.82, 2.24) is 9.97 Å². The first-order chi connectivity index (χ1) is 11.4. The van der Waals surface area contributed by atoms with Crippen LogP contribution >= 0.6 is 11.6 Å². The van der Waals surface area contributed by atoms with Gasteiger partial charge in [-0.2, -0.15) is 18.3 Å². The van der Waals surface area contributed by atoms with Gasteiger partial charge in [-0.25, -0.2) is 0 Å². The van der Waals surface area contributed by atoms with Crippen LogP contribution in [0.5, 0.6) is 0 Å². The van der Waals surface area contributed by atoms with Gasteiger partial charge >= 0.3 is 6.18 Å². The maximum absolute atomic E-state index is 13.1. The smallest absolute Gasteiger partial charge is 0.278 e. The zero-order valence-electron chi connectivity index (χ0n) is 12.0. The molecule has 0 saturated heterocycles. The Morgan fingerprint density at radius 1 is 1.08 bits per heavy atom. The maximum atomic E-state index is 13.1. The molecule has 0 radical (unpaired) electrons. The van der Waals surface area contributed by atoms with Crippen molar-refractivity contribution in [3.05, 3.63) is 65.1 Å². The van der Waals surface area contributed by atoms with Gasteiger partial charge in [0.1, 0.15) is 0 Å². The predicted octanol–water partition coefficient (Wildman–Crippen LogP) is 4.75. The number of alkyl halides is 3. The summed E-state index contributed by atoms with van der Waals surface area (Å²) < 4.78 is 39.4. The van der Waals surface area contributed by atoms with Crippen molar-refractivity contribution in [1.29, 1.82) is 0 Å². The lowest BCUT2D eigenvalue weighted by atomic mass is 10.1. The van der Waals surface area contributed by atoms with Gasteiger partial charge < -0.3 is 0 Å². The average Bonchev–Trinajstić information content (AvgIpc) is 2.55. The summed E-state index contributed by atoms with van der Waals surface area (Å²) in [5.41, 5.74) is 2.83. The molecule has 3 rings (SSSR count). The van der Waals surface area contributed by atoms with E-state index >= 15 is 0 Å². The van der Waals surface area contributed by atoms with Crippen LogP contribution < -0.4 is 5.43 Å². The van der Waals surface area contributed by atoms with Crippen LogP contribution in [0.15, 0.2) is 54.0 Å². The molecule has 0 spiro atoms. The van der Waals surface area contributed by atoms with Crippen LogP contribution in [0, 0.1) is 0 Å². The molecular weight excluding hydrogens is 341 g/mol. The van der Waals surface area contributed by atoms with Gasteiger partial charge in [0.2, 0.25) is 0 Å². The molecule has 0 bridgehead atoms. The van der Waals surface area contributed by atoms with E-state index in [-0.39, 0.29) is 15.9 Å². The lowest BCUT2D eigenvalue weighted by molar-refractivity contribution is -0.136. The number of benzene rings is 1. The van der Waals surface area contributed by atoms with Gasteiger partial charge in [0.25, 0.3) is 0 Å². The fourth-order valence-corrected chi connectivity index (χ4v) is 2.38. The molecule has 0 fully saturated rings. The second-order valence-corrected chi connectivity index (χ2v) is 5.29. The van der Waals surface area contributed by atoms with Gasteiger partial charge in [0.15, 0.2) is 0 Å². The molecule has 0 aliphatic rings. The molecule has 0 saturated carbocycles. The average molecular weight is 351 g/mol. The summed E-state index contributed by atoms with van der Waals surface area (Å²) in [6.45, 7) is 0. The maximum Gasteiger partial charge on any atom is 0.418 e. The van der Waals surface area contributed by atoms with Crippen molar-refractivity contribution < 1.29 is 13.2 Å². The van der Waals surface area contributed by atoms with Crippen molar-refractivity contribution in [3.8, 4) is 0 Å². The summed E-state index contributed by atoms with van der Waals surface area (Å²) in [6, 6.07) is 7.30. The third-order valence-corrected chi connectivity index (χ3v) is 3.44. The first kappa shape index (κ1) is 16.2. The summed E-state index contributed by atoms with van der Waals surface area (Å²) in [5, 5.41) is 4.24. The molecule has 0 atom stereocenters. The Kier molecular flexibility index (Phi) is 4.35. The molecular formula is C16H10ClF3N4. The van der Waals surface area contributed by atoms with Crippen LogP contribution in [0.3, 0.4) is 0 Å². The second-order valence-electron chi connectivity index (χ2n) is 4.86. The molecule has 0 unspecified atom stereocenters. The molecule has 4 nitrogen and oxygen atoms in total. The Morgan fingerprint density at radius 2 is 1.83 bits per heavy atom. The van der Waals surface area contributed by atoms with E-state index in [0.717, 1.165) is 11.6 Å². The van der Waals surface area contributed by atoms with E-state index in [9.17, 15) is 13.2 Å². The molecule has 2 heterocycles. The molecule has 122 valence electrons. The fraction of sp³-hybridized carbons (Fsp3) is 0.0625. The Balaban J connectivity index is 2.00. The normalized spacial score (nSPS) is 12.0. The number of hydrogen-bond donors (Lipinski definition) is 1. The van der Waals surface area contributed by atoms with Crippen molar-refractivity contribution in [2.45, 2.75) is 6.18 Å². The highest BCUT2D eigenvalue weighted by Crippen LogP contribution is 2.37. The van der Waals surface area contributed by atoms with E-state index in [2.05, 4.69) is 20.5 Å². The van der Waals surface area contributed by atoms with Gasteiger partial charge in [-0.3, -0.25) is 15.4 Å². The van der Waals surface area contributed by atoms with E-state index in [1.165, 1.54) is 24.5 Å². The monoisotopic (exact) mass is 350 g/mol. The molecule has 0 aliphatic carbocycles. The largest absolute Gasteiger partial charge is 0.418 e. The topological polar surface area (TPSA) is 50.2 Å². The number of hydrazone groups is 1. The first-order valence-corrected chi connectivity index (χ1v) is 7.17. The van der Waals surface area contributed by atoms with Crippen LogP contribution in [0.25, 0.3) is 10.9 Å². The lowest BCUT2D eigenvalue weighted by Gasteiger charge is -2.12. The van der Waals surface area contributed by atoms with Gasteiger partial charge in [0, 0.05) is 29.0 Å². The van der Waals surface area contributed by atoms with Crippen LogP contribution in [-0.2, 0) is 6.18 Å².